The van der Waals surface area contributed by atoms with Crippen molar-refractivity contribution < 1.29 is 9.53 Å². The van der Waals surface area contributed by atoms with E-state index in [1.54, 1.807) is 0 Å². The molecule has 0 aromatic heterocycles. The minimum Gasteiger partial charge on any atom is -0.378 e. The Labute approximate surface area is 104 Å². The number of piperidine rings is 1. The van der Waals surface area contributed by atoms with Crippen LogP contribution < -0.4 is 0 Å². The molecule has 2 saturated heterocycles. The van der Waals surface area contributed by atoms with Gasteiger partial charge in [0.2, 0.25) is 5.91 Å². The largest absolute Gasteiger partial charge is 0.378 e. The van der Waals surface area contributed by atoms with E-state index in [1.807, 2.05) is 23.9 Å². The molecule has 0 saturated carbocycles. The lowest BCUT2D eigenvalue weighted by atomic mass is 9.83. The van der Waals surface area contributed by atoms with Crippen LogP contribution in [0.3, 0.4) is 0 Å². The van der Waals surface area contributed by atoms with Crippen LogP contribution in [0.1, 0.15) is 19.8 Å². The van der Waals surface area contributed by atoms with E-state index in [0.29, 0.717) is 24.5 Å². The average Bonchev–Trinajstić information content (AvgIpc) is 2.69. The van der Waals surface area contributed by atoms with Crippen LogP contribution in [-0.2, 0) is 9.53 Å². The molecular weight excluding hydrogens is 216 g/mol. The van der Waals surface area contributed by atoms with Crippen molar-refractivity contribution >= 4 is 5.91 Å². The molecule has 0 bridgehead atoms. The zero-order valence-corrected chi connectivity index (χ0v) is 11.2. The lowest BCUT2D eigenvalue weighted by Crippen LogP contribution is -2.47. The molecule has 0 spiro atoms. The van der Waals surface area contributed by atoms with E-state index in [4.69, 9.17) is 4.74 Å². The van der Waals surface area contributed by atoms with Crippen molar-refractivity contribution in [2.45, 2.75) is 25.9 Å². The molecule has 0 aliphatic carbocycles. The van der Waals surface area contributed by atoms with Gasteiger partial charge in [0.05, 0.1) is 19.3 Å². The van der Waals surface area contributed by atoms with Gasteiger partial charge in [0.15, 0.2) is 0 Å². The summed E-state index contributed by atoms with van der Waals surface area (Å²) in [5, 5.41) is 0. The molecule has 0 aromatic rings. The van der Waals surface area contributed by atoms with Crippen LogP contribution in [0.25, 0.3) is 0 Å². The molecule has 2 heterocycles. The van der Waals surface area contributed by atoms with Gasteiger partial charge in [0, 0.05) is 19.0 Å². The molecule has 2 aliphatic heterocycles. The first-order valence-electron chi connectivity index (χ1n) is 6.66. The van der Waals surface area contributed by atoms with Gasteiger partial charge in [-0.25, -0.2) is 0 Å². The normalized spacial score (nSPS) is 32.9. The molecule has 0 aromatic carbocycles. The maximum atomic E-state index is 12.0. The highest BCUT2D eigenvalue weighted by Gasteiger charge is 2.40. The molecule has 3 atom stereocenters. The van der Waals surface area contributed by atoms with E-state index in [9.17, 15) is 4.79 Å². The molecule has 4 nitrogen and oxygen atoms in total. The minimum atomic E-state index is 0.258. The Morgan fingerprint density at radius 3 is 2.88 bits per heavy atom. The first-order chi connectivity index (χ1) is 8.11. The number of nitrogens with zero attached hydrogens (tertiary/aromatic N) is 2. The fourth-order valence-corrected chi connectivity index (χ4v) is 3.10. The summed E-state index contributed by atoms with van der Waals surface area (Å²) in [6, 6.07) is 0. The number of fused-ring (bicyclic) bond motifs is 1. The first-order valence-corrected chi connectivity index (χ1v) is 6.66. The third-order valence-corrected chi connectivity index (χ3v) is 4.00. The van der Waals surface area contributed by atoms with Gasteiger partial charge in [-0.15, -0.1) is 0 Å². The number of likely N-dealkylation sites (N-methyl/N-ethyl adjacent to an activating group) is 1. The van der Waals surface area contributed by atoms with Crippen molar-refractivity contribution in [1.29, 1.82) is 0 Å². The van der Waals surface area contributed by atoms with Gasteiger partial charge in [-0.1, -0.05) is 6.92 Å². The van der Waals surface area contributed by atoms with Crippen LogP contribution in [0.5, 0.6) is 0 Å². The van der Waals surface area contributed by atoms with Gasteiger partial charge in [-0.05, 0) is 32.9 Å². The van der Waals surface area contributed by atoms with Crippen molar-refractivity contribution in [3.63, 3.8) is 0 Å². The highest BCUT2D eigenvalue weighted by Crippen LogP contribution is 2.35. The van der Waals surface area contributed by atoms with Crippen LogP contribution >= 0.6 is 0 Å². The van der Waals surface area contributed by atoms with Crippen molar-refractivity contribution in [3.8, 4) is 0 Å². The van der Waals surface area contributed by atoms with E-state index in [2.05, 4.69) is 6.92 Å². The van der Waals surface area contributed by atoms with Gasteiger partial charge in [-0.2, -0.15) is 0 Å². The van der Waals surface area contributed by atoms with E-state index in [-0.39, 0.29) is 5.91 Å². The van der Waals surface area contributed by atoms with Crippen LogP contribution in [0.4, 0.5) is 0 Å². The summed E-state index contributed by atoms with van der Waals surface area (Å²) >= 11 is 0. The molecule has 2 fully saturated rings. The summed E-state index contributed by atoms with van der Waals surface area (Å²) in [4.78, 5) is 15.9. The molecular formula is C13H24N2O2. The van der Waals surface area contributed by atoms with Crippen molar-refractivity contribution in [1.82, 2.24) is 9.80 Å². The second kappa shape index (κ2) is 5.36. The highest BCUT2D eigenvalue weighted by molar-refractivity contribution is 5.78. The Morgan fingerprint density at radius 2 is 2.24 bits per heavy atom. The predicted octanol–water partition coefficient (Wildman–Crippen LogP) is 0.821. The van der Waals surface area contributed by atoms with Gasteiger partial charge in [0.25, 0.3) is 0 Å². The quantitative estimate of drug-likeness (QED) is 0.732. The van der Waals surface area contributed by atoms with Crippen LogP contribution in [0.2, 0.25) is 0 Å². The summed E-state index contributed by atoms with van der Waals surface area (Å²) in [5.41, 5.74) is 0. The van der Waals surface area contributed by atoms with E-state index in [0.717, 1.165) is 32.5 Å². The number of rotatable bonds is 3. The molecule has 17 heavy (non-hydrogen) atoms. The maximum Gasteiger partial charge on any atom is 0.236 e. The Balaban J connectivity index is 1.89. The van der Waals surface area contributed by atoms with Gasteiger partial charge < -0.3 is 14.5 Å². The number of hydrogen-bond acceptors (Lipinski definition) is 3. The smallest absolute Gasteiger partial charge is 0.236 e. The Hall–Kier alpha value is -0.610. The number of likely N-dealkylation sites (tertiary alicyclic amines) is 1. The second-order valence-electron chi connectivity index (χ2n) is 5.57. The number of hydrogen-bond donors (Lipinski definition) is 0. The molecule has 0 unspecified atom stereocenters. The van der Waals surface area contributed by atoms with E-state index in [1.165, 1.54) is 0 Å². The summed E-state index contributed by atoms with van der Waals surface area (Å²) in [6.07, 6.45) is 2.65. The van der Waals surface area contributed by atoms with Crippen molar-refractivity contribution in [3.05, 3.63) is 0 Å². The SMILES string of the molecule is CC[C@@H]1OC[C@@H]2CN(C(=O)CN(C)C)CC[C@H]21. The topological polar surface area (TPSA) is 32.8 Å². The number of ether oxygens (including phenoxy) is 1. The molecule has 1 amide bonds. The summed E-state index contributed by atoms with van der Waals surface area (Å²) in [7, 11) is 3.88. The summed E-state index contributed by atoms with van der Waals surface area (Å²) in [5.74, 6) is 1.51. The third kappa shape index (κ3) is 2.80. The van der Waals surface area contributed by atoms with Gasteiger partial charge in [-0.3, -0.25) is 4.79 Å². The Morgan fingerprint density at radius 1 is 1.47 bits per heavy atom. The zero-order chi connectivity index (χ0) is 12.4. The summed E-state index contributed by atoms with van der Waals surface area (Å²) < 4.78 is 5.81. The molecule has 4 heteroatoms. The Kier molecular flexibility index (Phi) is 4.05. The molecule has 2 aliphatic rings. The monoisotopic (exact) mass is 240 g/mol. The molecule has 98 valence electrons. The lowest BCUT2D eigenvalue weighted by Gasteiger charge is -2.36. The predicted molar refractivity (Wildman–Crippen MR) is 66.8 cm³/mol. The fourth-order valence-electron chi connectivity index (χ4n) is 3.10. The Bertz CT molecular complexity index is 281. The minimum absolute atomic E-state index is 0.258. The van der Waals surface area contributed by atoms with E-state index >= 15 is 0 Å². The molecule has 0 N–H and O–H groups in total. The lowest BCUT2D eigenvalue weighted by molar-refractivity contribution is -0.134. The highest BCUT2D eigenvalue weighted by atomic mass is 16.5. The molecule has 2 rings (SSSR count). The molecule has 0 radical (unpaired) electrons. The van der Waals surface area contributed by atoms with Crippen LogP contribution in [0, 0.1) is 11.8 Å². The number of amides is 1. The van der Waals surface area contributed by atoms with Crippen molar-refractivity contribution in [2.75, 3.05) is 40.3 Å². The van der Waals surface area contributed by atoms with E-state index < -0.39 is 0 Å². The van der Waals surface area contributed by atoms with Crippen molar-refractivity contribution in [2.24, 2.45) is 11.8 Å². The third-order valence-electron chi connectivity index (χ3n) is 4.00. The van der Waals surface area contributed by atoms with Crippen LogP contribution in [0.15, 0.2) is 0 Å². The standard InChI is InChI=1S/C13H24N2O2/c1-4-12-11-5-6-15(7-10(11)9-17-12)13(16)8-14(2)3/h10-12H,4-9H2,1-3H3/t10-,11+,12-/m0/s1. The second-order valence-corrected chi connectivity index (χ2v) is 5.57. The van der Waals surface area contributed by atoms with Gasteiger partial charge >= 0.3 is 0 Å². The average molecular weight is 240 g/mol. The maximum absolute atomic E-state index is 12.0. The zero-order valence-electron chi connectivity index (χ0n) is 11.2. The fraction of sp³-hybridized carbons (Fsp3) is 0.923. The van der Waals surface area contributed by atoms with Gasteiger partial charge in [0.1, 0.15) is 0 Å². The summed E-state index contributed by atoms with van der Waals surface area (Å²) in [6.45, 7) is 5.36. The first kappa shape index (κ1) is 12.8. The number of carbonyl (C=O) groups is 1. The van der Waals surface area contributed by atoms with Crippen LogP contribution in [-0.4, -0.2) is 62.1 Å². The number of carbonyl (C=O) groups excluding carboxylic acids is 1.